The molecule has 0 spiro atoms. The van der Waals surface area contributed by atoms with E-state index in [9.17, 15) is 68.1 Å². The molecule has 0 bridgehead atoms. The average Bonchev–Trinajstić information content (AvgIpc) is 3.46. The minimum atomic E-state index is -1.85. The molecular weight excluding hydrogens is 1090 g/mol. The van der Waals surface area contributed by atoms with E-state index in [1.165, 1.54) is 20.8 Å². The van der Waals surface area contributed by atoms with Gasteiger partial charge in [0.15, 0.2) is 11.9 Å². The van der Waals surface area contributed by atoms with Gasteiger partial charge >= 0.3 is 0 Å². The van der Waals surface area contributed by atoms with Gasteiger partial charge in [0.25, 0.3) is 0 Å². The number of carbonyl (C=O) groups excluding carboxylic acids is 11. The first-order valence-corrected chi connectivity index (χ1v) is 27.3. The molecule has 474 valence electrons. The van der Waals surface area contributed by atoms with E-state index in [0.29, 0.717) is 36.7 Å². The van der Waals surface area contributed by atoms with Crippen molar-refractivity contribution in [2.45, 2.75) is 177 Å². The summed E-state index contributed by atoms with van der Waals surface area (Å²) in [6, 6.07) is -14.8. The molecule has 0 aliphatic heterocycles. The van der Waals surface area contributed by atoms with Gasteiger partial charge in [-0.2, -0.15) is 0 Å². The molecule has 0 unspecified atom stereocenters. The van der Waals surface area contributed by atoms with Gasteiger partial charge in [0.05, 0.1) is 52.5 Å². The van der Waals surface area contributed by atoms with E-state index in [-0.39, 0.29) is 70.1 Å². The van der Waals surface area contributed by atoms with Crippen molar-refractivity contribution < 1.29 is 72.5 Å². The Bertz CT molecular complexity index is 2200. The second kappa shape index (κ2) is 39.0. The molecule has 0 heterocycles. The van der Waals surface area contributed by atoms with Gasteiger partial charge in [-0.05, 0) is 105 Å². The lowest BCUT2D eigenvalue weighted by molar-refractivity contribution is -0.870. The zero-order valence-electron chi connectivity index (χ0n) is 48.7. The Hall–Kier alpha value is -7.53. The summed E-state index contributed by atoms with van der Waals surface area (Å²) in [6.45, 7) is 5.00. The number of primary amides is 2. The zero-order valence-corrected chi connectivity index (χ0v) is 48.7. The van der Waals surface area contributed by atoms with E-state index in [2.05, 4.69) is 57.8 Å². The number of aliphatic hydroxyl groups is 3. The maximum Gasteiger partial charge on any atom is 0.245 e. The number of hydrogen-bond acceptors (Lipinski definition) is 18. The SMILES string of the molecule is C[C@H](N)C(=O)N[C@@H](CCCN=C(N)N)C(=O)N[C@H](C(=O)N[C@@H](CCCC[N+](C)(C)C)C(=O)N[C@@H](CCC(N)=O)C(=O)N[C@H](C(=O)N[C@@H](C)C(=O)N[C@@H](CCCN=C(N)N)C(=O)N[C@@H](CCCCN)C(=O)N[C@@H](CO)C(N)=O)[C@@H](C)O)[C@@H](C)O. The van der Waals surface area contributed by atoms with Gasteiger partial charge < -0.3 is 114 Å². The zero-order chi connectivity index (χ0) is 63.7. The molecule has 0 aromatic heterocycles. The quantitative estimate of drug-likeness (QED) is 0.0117. The molecule has 34 nitrogen and oxygen atoms in total. The number of quaternary nitrogens is 1. The highest BCUT2D eigenvalue weighted by Crippen LogP contribution is 2.11. The minimum absolute atomic E-state index is 0.00157. The van der Waals surface area contributed by atoms with Crippen molar-refractivity contribution in [2.75, 3.05) is 53.9 Å². The number of guanidine groups is 2. The molecule has 0 aromatic carbocycles. The van der Waals surface area contributed by atoms with Crippen LogP contribution in [0.25, 0.3) is 0 Å². The van der Waals surface area contributed by atoms with Crippen LogP contribution in [0.4, 0.5) is 0 Å². The molecule has 83 heavy (non-hydrogen) atoms. The van der Waals surface area contributed by atoms with E-state index in [4.69, 9.17) is 45.9 Å². The fourth-order valence-electron chi connectivity index (χ4n) is 7.64. The van der Waals surface area contributed by atoms with E-state index < -0.39 is 157 Å². The fraction of sp³-hybridized carbons (Fsp3) is 0.735. The summed E-state index contributed by atoms with van der Waals surface area (Å²) in [7, 11) is 5.80. The van der Waals surface area contributed by atoms with Gasteiger partial charge in [0.1, 0.15) is 54.4 Å². The van der Waals surface area contributed by atoms with E-state index in [0.717, 1.165) is 6.92 Å². The summed E-state index contributed by atoms with van der Waals surface area (Å²) in [6.07, 6.45) is -2.56. The van der Waals surface area contributed by atoms with Crippen LogP contribution in [0.5, 0.6) is 0 Å². The van der Waals surface area contributed by atoms with Crippen LogP contribution in [-0.2, 0) is 52.7 Å². The standard InChI is InChI=1S/C49H94N20O14/c1-25(51)39(75)61-32(17-13-22-59-49(56)57)44(80)68-37(28(4)72)47(83)65-30(15-9-11-23-69(5,6)7)41(77)64-33(18-19-35(52)73)45(81)67-36(27(3)71)46(82)60-26(2)40(76)62-31(16-12-21-58-48(54)55)42(78)63-29(14-8-10-20-50)43(79)66-34(24-70)38(53)74/h25-34,36-37,70-72H,8-24,50-51H2,1-7H3,(H20-,52,53,54,55,56,57,58,59,60,61,62,63,64,65,66,67,68,73,74,75,76,77,78,79,80,81,82,83)/p+1/t25-,26-,27+,28+,29-,30-,31-,32-,33-,34-,36-,37-/m0/s1. The molecule has 0 saturated heterocycles. The smallest absolute Gasteiger partial charge is 0.245 e. The van der Waals surface area contributed by atoms with Crippen LogP contribution in [-0.4, -0.2) is 223 Å². The third kappa shape index (κ3) is 32.0. The first-order chi connectivity index (χ1) is 38.6. The average molecular weight is 1190 g/mol. The maximum absolute atomic E-state index is 14.3. The lowest BCUT2D eigenvalue weighted by atomic mass is 10.0. The number of aliphatic imine (C=N–C) groups is 2. The summed E-state index contributed by atoms with van der Waals surface area (Å²) in [5, 5.41) is 53.0. The summed E-state index contributed by atoms with van der Waals surface area (Å²) in [5.74, 6) is -11.1. The number of rotatable bonds is 42. The van der Waals surface area contributed by atoms with Crippen LogP contribution in [0.2, 0.25) is 0 Å². The number of carbonyl (C=O) groups is 11. The number of amides is 11. The van der Waals surface area contributed by atoms with Crippen LogP contribution in [0.3, 0.4) is 0 Å². The second-order valence-electron chi connectivity index (χ2n) is 21.1. The van der Waals surface area contributed by atoms with Gasteiger partial charge in [-0.1, -0.05) is 0 Å². The number of unbranched alkanes of at least 4 members (excludes halogenated alkanes) is 2. The Morgan fingerprint density at radius 2 is 0.795 bits per heavy atom. The first kappa shape index (κ1) is 75.5. The third-order valence-electron chi connectivity index (χ3n) is 12.4. The van der Waals surface area contributed by atoms with Crippen molar-refractivity contribution >= 4 is 76.9 Å². The number of hydrogen-bond donors (Lipinski definition) is 20. The highest BCUT2D eigenvalue weighted by atomic mass is 16.3. The topological polar surface area (TPSA) is 590 Å². The Morgan fingerprint density at radius 3 is 1.16 bits per heavy atom. The Labute approximate surface area is 483 Å². The molecule has 0 fully saturated rings. The molecular formula is C49H95N20O14+. The van der Waals surface area contributed by atoms with Crippen molar-refractivity contribution in [1.29, 1.82) is 0 Å². The lowest BCUT2D eigenvalue weighted by Gasteiger charge is -2.29. The summed E-state index contributed by atoms with van der Waals surface area (Å²) in [5.41, 5.74) is 43.7. The van der Waals surface area contributed by atoms with Gasteiger partial charge in [-0.25, -0.2) is 0 Å². The fourth-order valence-corrected chi connectivity index (χ4v) is 7.64. The van der Waals surface area contributed by atoms with Crippen LogP contribution in [0, 0.1) is 0 Å². The van der Waals surface area contributed by atoms with Crippen LogP contribution >= 0.6 is 0 Å². The molecule has 0 radical (unpaired) electrons. The number of aliphatic hydroxyl groups excluding tert-OH is 3. The van der Waals surface area contributed by atoms with Crippen LogP contribution in [0.15, 0.2) is 9.98 Å². The van der Waals surface area contributed by atoms with Gasteiger partial charge in [0.2, 0.25) is 65.0 Å². The molecule has 0 aliphatic carbocycles. The van der Waals surface area contributed by atoms with Gasteiger partial charge in [-0.3, -0.25) is 62.7 Å². The van der Waals surface area contributed by atoms with Crippen molar-refractivity contribution in [3.8, 4) is 0 Å². The van der Waals surface area contributed by atoms with E-state index >= 15 is 0 Å². The van der Waals surface area contributed by atoms with Crippen LogP contribution in [0.1, 0.15) is 105 Å². The molecule has 0 rings (SSSR count). The highest BCUT2D eigenvalue weighted by Gasteiger charge is 2.37. The van der Waals surface area contributed by atoms with Crippen molar-refractivity contribution in [3.05, 3.63) is 0 Å². The summed E-state index contributed by atoms with van der Waals surface area (Å²) >= 11 is 0. The van der Waals surface area contributed by atoms with Crippen molar-refractivity contribution in [2.24, 2.45) is 55.9 Å². The normalized spacial score (nSPS) is 15.6. The largest absolute Gasteiger partial charge is 0.394 e. The Balaban J connectivity index is 6.80. The summed E-state index contributed by atoms with van der Waals surface area (Å²) in [4.78, 5) is 155. The monoisotopic (exact) mass is 1190 g/mol. The Morgan fingerprint density at radius 1 is 0.446 bits per heavy atom. The third-order valence-corrected chi connectivity index (χ3v) is 12.4. The molecule has 34 heteroatoms. The molecule has 0 aliphatic rings. The molecule has 11 amide bonds. The Kier molecular flexibility index (Phi) is 35.5. The van der Waals surface area contributed by atoms with E-state index in [1.54, 1.807) is 0 Å². The molecule has 28 N–H and O–H groups in total. The maximum atomic E-state index is 14.3. The first-order valence-electron chi connectivity index (χ1n) is 27.3. The van der Waals surface area contributed by atoms with Crippen molar-refractivity contribution in [3.63, 3.8) is 0 Å². The molecule has 0 aromatic rings. The molecule has 0 saturated carbocycles. The summed E-state index contributed by atoms with van der Waals surface area (Å²) < 4.78 is 0.537. The van der Waals surface area contributed by atoms with E-state index in [1.807, 2.05) is 21.1 Å². The number of nitrogens with two attached hydrogens (primary N) is 8. The second-order valence-corrected chi connectivity index (χ2v) is 21.1. The highest BCUT2D eigenvalue weighted by molar-refractivity contribution is 5.99. The molecule has 12 atom stereocenters. The number of nitrogens with zero attached hydrogens (tertiary/aromatic N) is 3. The predicted molar refractivity (Wildman–Crippen MR) is 304 cm³/mol. The lowest BCUT2D eigenvalue weighted by Crippen LogP contribution is -2.62. The predicted octanol–water partition coefficient (Wildman–Crippen LogP) is -9.67. The van der Waals surface area contributed by atoms with Crippen LogP contribution < -0.4 is 93.7 Å². The van der Waals surface area contributed by atoms with Crippen molar-refractivity contribution in [1.82, 2.24) is 47.9 Å². The van der Waals surface area contributed by atoms with Gasteiger partial charge in [-0.15, -0.1) is 0 Å². The minimum Gasteiger partial charge on any atom is -0.394 e. The van der Waals surface area contributed by atoms with Gasteiger partial charge in [0, 0.05) is 19.5 Å². The number of nitrogens with one attached hydrogen (secondary N) is 9.